The molecule has 0 nitrogen and oxygen atoms in total. The lowest BCUT2D eigenvalue weighted by atomic mass is 9.54. The first-order chi connectivity index (χ1) is 7.91. The highest BCUT2D eigenvalue weighted by Crippen LogP contribution is 2.88. The van der Waals surface area contributed by atoms with Gasteiger partial charge in [-0.15, -0.1) is 0 Å². The van der Waals surface area contributed by atoms with E-state index in [1.165, 1.54) is 38.5 Å². The lowest BCUT2D eigenvalue weighted by Crippen LogP contribution is -2.41. The van der Waals surface area contributed by atoms with Gasteiger partial charge < -0.3 is 0 Å². The number of fused-ring (bicyclic) bond motifs is 1. The predicted molar refractivity (Wildman–Crippen MR) is 74.0 cm³/mol. The summed E-state index contributed by atoms with van der Waals surface area (Å²) in [4.78, 5) is 0. The van der Waals surface area contributed by atoms with Crippen molar-refractivity contribution in [2.45, 2.75) is 85.5 Å². The molecule has 2 spiro atoms. The molecule has 0 aromatic rings. The fourth-order valence-corrected chi connectivity index (χ4v) is 6.62. The molecule has 0 radical (unpaired) electrons. The van der Waals surface area contributed by atoms with E-state index in [4.69, 9.17) is 0 Å². The van der Waals surface area contributed by atoms with E-state index in [1.807, 2.05) is 0 Å². The highest BCUT2D eigenvalue weighted by molar-refractivity contribution is 5.30. The molecule has 0 heteroatoms. The van der Waals surface area contributed by atoms with Gasteiger partial charge in [0, 0.05) is 0 Å². The zero-order valence-corrected chi connectivity index (χ0v) is 12.4. The number of rotatable bonds is 0. The molecule has 0 unspecified atom stereocenters. The predicted octanol–water partition coefficient (Wildman–Crippen LogP) is 5.56. The standard InChI is InChI=1S/C17H30/c1-14(2)15(3,4)17(14)13-9-8-12-16(17)10-6-5-7-11-16/h5-13H2,1-4H3. The van der Waals surface area contributed by atoms with Gasteiger partial charge in [0.25, 0.3) is 0 Å². The summed E-state index contributed by atoms with van der Waals surface area (Å²) in [5.41, 5.74) is 2.58. The fraction of sp³-hybridized carbons (Fsp3) is 1.00. The highest BCUT2D eigenvalue weighted by Gasteiger charge is 2.82. The molecule has 3 aliphatic rings. The smallest absolute Gasteiger partial charge is 0.0128 e. The van der Waals surface area contributed by atoms with Crippen LogP contribution in [0.15, 0.2) is 0 Å². The van der Waals surface area contributed by atoms with Gasteiger partial charge in [-0.25, -0.2) is 0 Å². The lowest BCUT2D eigenvalue weighted by Gasteiger charge is -2.51. The van der Waals surface area contributed by atoms with E-state index in [-0.39, 0.29) is 0 Å². The van der Waals surface area contributed by atoms with Gasteiger partial charge in [0.1, 0.15) is 0 Å². The molecule has 98 valence electrons. The third-order valence-electron chi connectivity index (χ3n) is 7.81. The van der Waals surface area contributed by atoms with Crippen molar-refractivity contribution >= 4 is 0 Å². The average Bonchev–Trinajstić information content (AvgIpc) is 2.63. The number of hydrogen-bond donors (Lipinski definition) is 0. The molecule has 3 aliphatic carbocycles. The van der Waals surface area contributed by atoms with Gasteiger partial charge in [0.05, 0.1) is 0 Å². The Kier molecular flexibility index (Phi) is 2.34. The fourth-order valence-electron chi connectivity index (χ4n) is 6.62. The maximum Gasteiger partial charge on any atom is -0.0128 e. The van der Waals surface area contributed by atoms with Crippen LogP contribution in [0.4, 0.5) is 0 Å². The van der Waals surface area contributed by atoms with Crippen LogP contribution in [0, 0.1) is 21.7 Å². The van der Waals surface area contributed by atoms with Crippen molar-refractivity contribution in [1.82, 2.24) is 0 Å². The van der Waals surface area contributed by atoms with E-state index < -0.39 is 0 Å². The van der Waals surface area contributed by atoms with E-state index in [0.29, 0.717) is 16.2 Å². The first-order valence-electron chi connectivity index (χ1n) is 7.91. The normalized spacial score (nSPS) is 36.0. The zero-order valence-electron chi connectivity index (χ0n) is 12.4. The molecule has 0 aromatic heterocycles. The van der Waals surface area contributed by atoms with Crippen LogP contribution in [0.3, 0.4) is 0 Å². The molecule has 0 saturated heterocycles. The first kappa shape index (κ1) is 12.1. The summed E-state index contributed by atoms with van der Waals surface area (Å²) < 4.78 is 0. The van der Waals surface area contributed by atoms with Crippen molar-refractivity contribution in [3.05, 3.63) is 0 Å². The van der Waals surface area contributed by atoms with E-state index in [1.54, 1.807) is 19.3 Å². The van der Waals surface area contributed by atoms with Crippen LogP contribution in [-0.4, -0.2) is 0 Å². The van der Waals surface area contributed by atoms with E-state index in [9.17, 15) is 0 Å². The Morgan fingerprint density at radius 1 is 0.529 bits per heavy atom. The van der Waals surface area contributed by atoms with Gasteiger partial charge in [0.2, 0.25) is 0 Å². The monoisotopic (exact) mass is 234 g/mol. The second kappa shape index (κ2) is 3.31. The first-order valence-corrected chi connectivity index (χ1v) is 7.91. The Labute approximate surface area is 108 Å². The SMILES string of the molecule is CC1(C)C(C)(C)C12CCCCC21CCCCC1. The van der Waals surface area contributed by atoms with Crippen LogP contribution in [0.25, 0.3) is 0 Å². The van der Waals surface area contributed by atoms with Crippen LogP contribution in [0.1, 0.15) is 85.5 Å². The van der Waals surface area contributed by atoms with Crippen LogP contribution in [0.5, 0.6) is 0 Å². The maximum atomic E-state index is 2.56. The highest BCUT2D eigenvalue weighted by atomic mass is 14.9. The maximum absolute atomic E-state index is 2.56. The molecule has 0 N–H and O–H groups in total. The zero-order chi connectivity index (χ0) is 12.4. The van der Waals surface area contributed by atoms with Crippen LogP contribution >= 0.6 is 0 Å². The molecule has 0 aromatic carbocycles. The molecule has 0 heterocycles. The Bertz CT molecular complexity index is 293. The Morgan fingerprint density at radius 2 is 0.941 bits per heavy atom. The summed E-state index contributed by atoms with van der Waals surface area (Å²) in [5.74, 6) is 0. The van der Waals surface area contributed by atoms with Gasteiger partial charge >= 0.3 is 0 Å². The summed E-state index contributed by atoms with van der Waals surface area (Å²) in [7, 11) is 0. The minimum absolute atomic E-state index is 0.581. The molecule has 17 heavy (non-hydrogen) atoms. The quantitative estimate of drug-likeness (QED) is 0.514. The molecule has 0 bridgehead atoms. The van der Waals surface area contributed by atoms with E-state index in [2.05, 4.69) is 27.7 Å². The largest absolute Gasteiger partial charge is 0.0588 e. The second-order valence-corrected chi connectivity index (χ2v) is 8.20. The van der Waals surface area contributed by atoms with Gasteiger partial charge in [-0.2, -0.15) is 0 Å². The molecule has 3 rings (SSSR count). The topological polar surface area (TPSA) is 0 Å². The Hall–Kier alpha value is 0. The summed E-state index contributed by atoms with van der Waals surface area (Å²) in [6.45, 7) is 10.3. The van der Waals surface area contributed by atoms with Gasteiger partial charge in [0.15, 0.2) is 0 Å². The minimum Gasteiger partial charge on any atom is -0.0588 e. The van der Waals surface area contributed by atoms with Crippen molar-refractivity contribution in [3.8, 4) is 0 Å². The van der Waals surface area contributed by atoms with Crippen LogP contribution < -0.4 is 0 Å². The minimum atomic E-state index is 0.581. The van der Waals surface area contributed by atoms with Gasteiger partial charge in [-0.3, -0.25) is 0 Å². The Balaban J connectivity index is 2.02. The van der Waals surface area contributed by atoms with Gasteiger partial charge in [-0.05, 0) is 47.3 Å². The Morgan fingerprint density at radius 3 is 1.41 bits per heavy atom. The lowest BCUT2D eigenvalue weighted by molar-refractivity contribution is -0.00947. The average molecular weight is 234 g/mol. The summed E-state index contributed by atoms with van der Waals surface area (Å²) >= 11 is 0. The van der Waals surface area contributed by atoms with Crippen LogP contribution in [0.2, 0.25) is 0 Å². The number of hydrogen-bond acceptors (Lipinski definition) is 0. The van der Waals surface area contributed by atoms with Crippen molar-refractivity contribution < 1.29 is 0 Å². The van der Waals surface area contributed by atoms with Crippen LogP contribution in [-0.2, 0) is 0 Å². The molecule has 3 saturated carbocycles. The van der Waals surface area contributed by atoms with Crippen molar-refractivity contribution in [1.29, 1.82) is 0 Å². The molecule has 3 fully saturated rings. The third kappa shape index (κ3) is 1.12. The molecular weight excluding hydrogens is 204 g/mol. The molecular formula is C17H30. The van der Waals surface area contributed by atoms with Crippen molar-refractivity contribution in [2.75, 3.05) is 0 Å². The van der Waals surface area contributed by atoms with Crippen molar-refractivity contribution in [3.63, 3.8) is 0 Å². The summed E-state index contributed by atoms with van der Waals surface area (Å²) in [6, 6.07) is 0. The molecule has 0 atom stereocenters. The molecule has 0 aliphatic heterocycles. The van der Waals surface area contributed by atoms with Crippen molar-refractivity contribution in [2.24, 2.45) is 21.7 Å². The van der Waals surface area contributed by atoms with Gasteiger partial charge in [-0.1, -0.05) is 59.8 Å². The summed E-state index contributed by atoms with van der Waals surface area (Å²) in [5, 5.41) is 0. The summed E-state index contributed by atoms with van der Waals surface area (Å²) in [6.07, 6.45) is 13.7. The third-order valence-corrected chi connectivity index (χ3v) is 7.81. The van der Waals surface area contributed by atoms with E-state index in [0.717, 1.165) is 5.41 Å². The van der Waals surface area contributed by atoms with E-state index >= 15 is 0 Å². The molecule has 0 amide bonds. The second-order valence-electron chi connectivity index (χ2n) is 8.20.